The molecule has 228 valence electrons. The first-order valence-corrected chi connectivity index (χ1v) is 12.2. The molecule has 1 amide bonds. The molecule has 0 spiro atoms. The van der Waals surface area contributed by atoms with Crippen LogP contribution >= 0.6 is 0 Å². The molecule has 3 fully saturated rings. The van der Waals surface area contributed by atoms with Gasteiger partial charge in [-0.05, 0) is 0 Å². The average Bonchev–Trinajstić information content (AvgIpc) is 2.90. The van der Waals surface area contributed by atoms with E-state index in [2.05, 4.69) is 5.32 Å². The summed E-state index contributed by atoms with van der Waals surface area (Å²) in [6.45, 7) is -0.931. The molecular weight excluding hydrogens is 538 g/mol. The number of aliphatic hydroxyl groups is 11. The fourth-order valence-corrected chi connectivity index (χ4v) is 4.49. The van der Waals surface area contributed by atoms with Crippen molar-refractivity contribution >= 4 is 5.91 Å². The van der Waals surface area contributed by atoms with Gasteiger partial charge in [-0.1, -0.05) is 0 Å². The van der Waals surface area contributed by atoms with Gasteiger partial charge in [-0.2, -0.15) is 0 Å². The standard InChI is InChI=1S/C21H37NO17/c1-5(24)22-9-12(28)10(26)7(2-23)38-20(9)35-3-6(25)18-15(31)14(30)17(33)21(39-18)36-4-8-11(27)13(29)16(32)19(34)37-8/h6-21,23,25-34H,2-4H2,1H3,(H,22,24)/t6-,7+,8+,9+,10+,11+,12+,13-,14-,15-,16+,17-,18+,19-,20+,21-/m0/s1. The van der Waals surface area contributed by atoms with E-state index in [4.69, 9.17) is 23.7 Å². The Kier molecular flexibility index (Phi) is 11.3. The average molecular weight is 576 g/mol. The van der Waals surface area contributed by atoms with Gasteiger partial charge in [-0.15, -0.1) is 0 Å². The summed E-state index contributed by atoms with van der Waals surface area (Å²) < 4.78 is 26.5. The van der Waals surface area contributed by atoms with Crippen molar-refractivity contribution in [3.05, 3.63) is 0 Å². The van der Waals surface area contributed by atoms with Gasteiger partial charge in [0.05, 0.1) is 19.8 Å². The first-order chi connectivity index (χ1) is 18.3. The molecule has 0 aromatic rings. The highest BCUT2D eigenvalue weighted by molar-refractivity contribution is 5.73. The largest absolute Gasteiger partial charge is 0.394 e. The highest BCUT2D eigenvalue weighted by Crippen LogP contribution is 2.28. The van der Waals surface area contributed by atoms with Crippen LogP contribution in [0, 0.1) is 0 Å². The zero-order valence-corrected chi connectivity index (χ0v) is 20.7. The first kappa shape index (κ1) is 32.3. The molecule has 18 nitrogen and oxygen atoms in total. The number of rotatable bonds is 9. The SMILES string of the molecule is CC(=O)N[C@H]1[C@H](OC[C@H](O)[C@H]2O[C@H](OC[C@H]3O[C@H](O)[C@H](O)[C@@H](O)[C@@H]3O)[C@@H](O)[C@@H](O)[C@@H]2O)O[C@H](CO)[C@@H](O)[C@@H]1O. The maximum atomic E-state index is 11.5. The lowest BCUT2D eigenvalue weighted by atomic mass is 9.95. The van der Waals surface area contributed by atoms with Crippen LogP contribution in [0.5, 0.6) is 0 Å². The Morgan fingerprint density at radius 3 is 1.97 bits per heavy atom. The number of amides is 1. The van der Waals surface area contributed by atoms with Crippen molar-refractivity contribution in [3.8, 4) is 0 Å². The van der Waals surface area contributed by atoms with Crippen LogP contribution in [0.4, 0.5) is 0 Å². The summed E-state index contributed by atoms with van der Waals surface area (Å²) in [5, 5.41) is 113. The predicted molar refractivity (Wildman–Crippen MR) is 119 cm³/mol. The molecule has 0 unspecified atom stereocenters. The van der Waals surface area contributed by atoms with Gasteiger partial charge in [-0.3, -0.25) is 4.79 Å². The quantitative estimate of drug-likeness (QED) is 0.121. The first-order valence-electron chi connectivity index (χ1n) is 12.2. The molecular formula is C21H37NO17. The third kappa shape index (κ3) is 7.19. The molecule has 0 aliphatic carbocycles. The number of ether oxygens (including phenoxy) is 5. The molecule has 3 aliphatic rings. The highest BCUT2D eigenvalue weighted by Gasteiger charge is 2.50. The van der Waals surface area contributed by atoms with Crippen molar-refractivity contribution in [2.75, 3.05) is 19.8 Å². The molecule has 0 aromatic carbocycles. The summed E-state index contributed by atoms with van der Waals surface area (Å²) >= 11 is 0. The number of carbonyl (C=O) groups excluding carboxylic acids is 1. The van der Waals surface area contributed by atoms with E-state index in [0.717, 1.165) is 6.92 Å². The van der Waals surface area contributed by atoms with Gasteiger partial charge in [0, 0.05) is 6.92 Å². The van der Waals surface area contributed by atoms with Crippen LogP contribution in [0.25, 0.3) is 0 Å². The molecule has 18 heteroatoms. The second kappa shape index (κ2) is 13.7. The number of aliphatic hydroxyl groups excluding tert-OH is 11. The molecule has 0 bridgehead atoms. The molecule has 12 N–H and O–H groups in total. The Balaban J connectivity index is 1.63. The van der Waals surface area contributed by atoms with Gasteiger partial charge in [0.15, 0.2) is 18.9 Å². The van der Waals surface area contributed by atoms with Crippen molar-refractivity contribution in [2.45, 2.75) is 105 Å². The zero-order chi connectivity index (χ0) is 29.2. The zero-order valence-electron chi connectivity index (χ0n) is 20.7. The predicted octanol–water partition coefficient (Wildman–Crippen LogP) is -8.07. The molecule has 0 saturated carbocycles. The highest BCUT2D eigenvalue weighted by atomic mass is 16.7. The minimum atomic E-state index is -1.91. The maximum Gasteiger partial charge on any atom is 0.217 e. The van der Waals surface area contributed by atoms with E-state index in [1.165, 1.54) is 0 Å². The Morgan fingerprint density at radius 1 is 0.744 bits per heavy atom. The van der Waals surface area contributed by atoms with E-state index in [-0.39, 0.29) is 0 Å². The monoisotopic (exact) mass is 575 g/mol. The summed E-state index contributed by atoms with van der Waals surface area (Å²) in [4.78, 5) is 11.5. The van der Waals surface area contributed by atoms with Crippen LogP contribution < -0.4 is 5.32 Å². The summed E-state index contributed by atoms with van der Waals surface area (Å²) in [5.41, 5.74) is 0. The van der Waals surface area contributed by atoms with Gasteiger partial charge < -0.3 is 85.2 Å². The second-order valence-corrected chi connectivity index (χ2v) is 9.64. The van der Waals surface area contributed by atoms with Crippen LogP contribution in [0.1, 0.15) is 6.92 Å². The molecule has 0 aromatic heterocycles. The third-order valence-electron chi connectivity index (χ3n) is 6.78. The molecule has 39 heavy (non-hydrogen) atoms. The van der Waals surface area contributed by atoms with E-state index in [0.29, 0.717) is 0 Å². The third-order valence-corrected chi connectivity index (χ3v) is 6.78. The summed E-state index contributed by atoms with van der Waals surface area (Å²) in [6, 6.07) is -1.32. The molecule has 3 saturated heterocycles. The Hall–Kier alpha value is -1.17. The Bertz CT molecular complexity index is 794. The fraction of sp³-hybridized carbons (Fsp3) is 0.952. The van der Waals surface area contributed by atoms with Crippen molar-refractivity contribution in [1.82, 2.24) is 5.32 Å². The number of nitrogens with one attached hydrogen (secondary N) is 1. The van der Waals surface area contributed by atoms with E-state index in [1.54, 1.807) is 0 Å². The lowest BCUT2D eigenvalue weighted by Crippen LogP contribution is -2.65. The summed E-state index contributed by atoms with van der Waals surface area (Å²) in [6.07, 6.45) is -25.3. The van der Waals surface area contributed by atoms with Gasteiger partial charge in [0.1, 0.15) is 79.3 Å². The van der Waals surface area contributed by atoms with Gasteiger partial charge in [0.25, 0.3) is 0 Å². The summed E-state index contributed by atoms with van der Waals surface area (Å²) in [5.74, 6) is -0.615. The Labute approximate surface area is 221 Å². The smallest absolute Gasteiger partial charge is 0.217 e. The van der Waals surface area contributed by atoms with E-state index >= 15 is 0 Å². The summed E-state index contributed by atoms with van der Waals surface area (Å²) in [7, 11) is 0. The minimum Gasteiger partial charge on any atom is -0.394 e. The number of carbonyl (C=O) groups is 1. The van der Waals surface area contributed by atoms with E-state index in [9.17, 15) is 61.0 Å². The number of hydrogen-bond acceptors (Lipinski definition) is 17. The normalized spacial score (nSPS) is 47.9. The van der Waals surface area contributed by atoms with Crippen LogP contribution in [-0.4, -0.2) is 180 Å². The second-order valence-electron chi connectivity index (χ2n) is 9.64. The molecule has 16 atom stereocenters. The lowest BCUT2D eigenvalue weighted by Gasteiger charge is -2.44. The minimum absolute atomic E-state index is 0.615. The van der Waals surface area contributed by atoms with Crippen molar-refractivity contribution in [2.24, 2.45) is 0 Å². The van der Waals surface area contributed by atoms with Crippen molar-refractivity contribution in [3.63, 3.8) is 0 Å². The van der Waals surface area contributed by atoms with E-state index in [1.807, 2.05) is 0 Å². The fourth-order valence-electron chi connectivity index (χ4n) is 4.49. The van der Waals surface area contributed by atoms with Crippen molar-refractivity contribution in [1.29, 1.82) is 0 Å². The molecule has 0 radical (unpaired) electrons. The molecule has 3 aliphatic heterocycles. The van der Waals surface area contributed by atoms with Crippen molar-refractivity contribution < 1.29 is 84.7 Å². The lowest BCUT2D eigenvalue weighted by molar-refractivity contribution is -0.335. The van der Waals surface area contributed by atoms with Gasteiger partial charge in [-0.25, -0.2) is 0 Å². The van der Waals surface area contributed by atoms with Crippen LogP contribution in [0.2, 0.25) is 0 Å². The topological polar surface area (TPSA) is 298 Å². The molecule has 3 rings (SSSR count). The molecule has 3 heterocycles. The van der Waals surface area contributed by atoms with Gasteiger partial charge in [0.2, 0.25) is 5.91 Å². The van der Waals surface area contributed by atoms with E-state index < -0.39 is 124 Å². The Morgan fingerprint density at radius 2 is 1.36 bits per heavy atom. The van der Waals surface area contributed by atoms with Crippen LogP contribution in [0.15, 0.2) is 0 Å². The van der Waals surface area contributed by atoms with Gasteiger partial charge >= 0.3 is 0 Å². The van der Waals surface area contributed by atoms with Crippen LogP contribution in [0.3, 0.4) is 0 Å². The maximum absolute atomic E-state index is 11.5. The number of hydrogen-bond donors (Lipinski definition) is 12. The van der Waals surface area contributed by atoms with Crippen LogP contribution in [-0.2, 0) is 28.5 Å².